The number of furan rings is 1. The quantitative estimate of drug-likeness (QED) is 0.804. The van der Waals surface area contributed by atoms with Crippen LogP contribution >= 0.6 is 11.3 Å². The van der Waals surface area contributed by atoms with Crippen LogP contribution in [-0.2, 0) is 16.1 Å². The summed E-state index contributed by atoms with van der Waals surface area (Å²) < 4.78 is 5.66. The number of hydrogen-bond donors (Lipinski definition) is 2. The maximum absolute atomic E-state index is 12.0. The van der Waals surface area contributed by atoms with Crippen molar-refractivity contribution < 1.29 is 14.0 Å². The lowest BCUT2D eigenvalue weighted by atomic mass is 10.0. The third-order valence-electron chi connectivity index (χ3n) is 4.11. The van der Waals surface area contributed by atoms with Gasteiger partial charge in [0.25, 0.3) is 0 Å². The molecule has 2 aromatic rings. The van der Waals surface area contributed by atoms with Crippen LogP contribution in [0.15, 0.2) is 21.9 Å². The van der Waals surface area contributed by atoms with Gasteiger partial charge >= 0.3 is 0 Å². The van der Waals surface area contributed by atoms with E-state index < -0.39 is 0 Å². The third kappa shape index (κ3) is 4.44. The number of anilines is 1. The predicted octanol–water partition coefficient (Wildman–Crippen LogP) is 3.41. The Morgan fingerprint density at radius 1 is 1.42 bits per heavy atom. The molecule has 0 spiro atoms. The van der Waals surface area contributed by atoms with E-state index in [1.807, 2.05) is 11.4 Å². The first-order valence-electron chi connectivity index (χ1n) is 8.10. The first-order valence-corrected chi connectivity index (χ1v) is 8.98. The molecule has 1 aliphatic rings. The van der Waals surface area contributed by atoms with Gasteiger partial charge in [-0.2, -0.15) is 0 Å². The molecule has 2 amide bonds. The van der Waals surface area contributed by atoms with Crippen LogP contribution in [0.2, 0.25) is 0 Å². The minimum Gasteiger partial charge on any atom is -0.458 e. The number of rotatable bonds is 7. The molecular formula is C17H21N3O3S. The summed E-state index contributed by atoms with van der Waals surface area (Å²) in [4.78, 5) is 27.4. The van der Waals surface area contributed by atoms with E-state index in [2.05, 4.69) is 22.5 Å². The van der Waals surface area contributed by atoms with Crippen LogP contribution in [0, 0.1) is 11.8 Å². The van der Waals surface area contributed by atoms with Crippen molar-refractivity contribution >= 4 is 28.3 Å². The highest BCUT2D eigenvalue weighted by molar-refractivity contribution is 7.14. The summed E-state index contributed by atoms with van der Waals surface area (Å²) in [6.45, 7) is 3.94. The summed E-state index contributed by atoms with van der Waals surface area (Å²) in [7, 11) is 0. The largest absolute Gasteiger partial charge is 0.458 e. The van der Waals surface area contributed by atoms with E-state index >= 15 is 0 Å². The van der Waals surface area contributed by atoms with E-state index in [0.29, 0.717) is 47.1 Å². The first-order chi connectivity index (χ1) is 11.5. The monoisotopic (exact) mass is 347 g/mol. The zero-order valence-corrected chi connectivity index (χ0v) is 14.6. The van der Waals surface area contributed by atoms with Crippen molar-refractivity contribution in [1.82, 2.24) is 10.3 Å². The Morgan fingerprint density at radius 2 is 2.21 bits per heavy atom. The third-order valence-corrected chi connectivity index (χ3v) is 4.87. The Labute approximate surface area is 144 Å². The van der Waals surface area contributed by atoms with Crippen molar-refractivity contribution in [1.29, 1.82) is 0 Å². The molecule has 0 radical (unpaired) electrons. The highest BCUT2D eigenvalue weighted by Crippen LogP contribution is 2.38. The second-order valence-corrected chi connectivity index (χ2v) is 7.14. The van der Waals surface area contributed by atoms with Crippen LogP contribution in [0.25, 0.3) is 11.5 Å². The van der Waals surface area contributed by atoms with Gasteiger partial charge in [-0.15, -0.1) is 11.3 Å². The number of aromatic nitrogens is 1. The first kappa shape index (κ1) is 16.7. The number of nitrogens with zero attached hydrogens (tertiary/aromatic N) is 1. The summed E-state index contributed by atoms with van der Waals surface area (Å²) >= 11 is 1.38. The highest BCUT2D eigenvalue weighted by atomic mass is 32.1. The van der Waals surface area contributed by atoms with Crippen molar-refractivity contribution in [2.75, 3.05) is 5.32 Å². The van der Waals surface area contributed by atoms with Gasteiger partial charge in [0.15, 0.2) is 10.9 Å². The van der Waals surface area contributed by atoms with E-state index in [1.165, 1.54) is 31.1 Å². The average Bonchev–Trinajstić information content (AvgIpc) is 3.10. The highest BCUT2D eigenvalue weighted by Gasteiger charge is 2.29. The molecular weight excluding hydrogens is 326 g/mol. The van der Waals surface area contributed by atoms with Crippen molar-refractivity contribution in [2.24, 2.45) is 11.8 Å². The van der Waals surface area contributed by atoms with Crippen LogP contribution in [0.5, 0.6) is 0 Å². The number of carbonyl (C=O) groups excluding carboxylic acids is 2. The Hall–Kier alpha value is -2.15. The molecule has 2 aromatic heterocycles. The van der Waals surface area contributed by atoms with Crippen molar-refractivity contribution in [2.45, 2.75) is 39.7 Å². The zero-order chi connectivity index (χ0) is 17.1. The van der Waals surface area contributed by atoms with E-state index in [0.717, 1.165) is 0 Å². The smallest absolute Gasteiger partial charge is 0.226 e. The summed E-state index contributed by atoms with van der Waals surface area (Å²) in [5.41, 5.74) is 0.680. The number of hydrogen-bond acceptors (Lipinski definition) is 5. The predicted molar refractivity (Wildman–Crippen MR) is 92.5 cm³/mol. The molecule has 0 aliphatic heterocycles. The van der Waals surface area contributed by atoms with Gasteiger partial charge in [0.05, 0.1) is 6.54 Å². The van der Waals surface area contributed by atoms with E-state index in [-0.39, 0.29) is 11.8 Å². The van der Waals surface area contributed by atoms with Gasteiger partial charge in [-0.1, -0.05) is 6.92 Å². The van der Waals surface area contributed by atoms with Gasteiger partial charge < -0.3 is 15.1 Å². The molecule has 0 bridgehead atoms. The lowest BCUT2D eigenvalue weighted by Gasteiger charge is -2.08. The normalized spacial score (nSPS) is 15.1. The topological polar surface area (TPSA) is 84.2 Å². The molecule has 24 heavy (non-hydrogen) atoms. The molecule has 2 N–H and O–H groups in total. The molecule has 1 unspecified atom stereocenters. The van der Waals surface area contributed by atoms with Gasteiger partial charge in [0.1, 0.15) is 11.5 Å². The molecule has 0 aromatic carbocycles. The Morgan fingerprint density at radius 3 is 2.92 bits per heavy atom. The second kappa shape index (κ2) is 7.17. The Kier molecular flexibility index (Phi) is 4.99. The summed E-state index contributed by atoms with van der Waals surface area (Å²) in [6, 6.07) is 3.62. The molecule has 1 fully saturated rings. The fourth-order valence-electron chi connectivity index (χ4n) is 2.56. The molecule has 1 atom stereocenters. The van der Waals surface area contributed by atoms with Gasteiger partial charge in [-0.05, 0) is 36.8 Å². The fraction of sp³-hybridized carbons (Fsp3) is 0.471. The van der Waals surface area contributed by atoms with E-state index in [1.54, 1.807) is 6.07 Å². The molecule has 128 valence electrons. The van der Waals surface area contributed by atoms with Crippen LogP contribution in [0.1, 0.15) is 38.9 Å². The van der Waals surface area contributed by atoms with Crippen LogP contribution in [0.3, 0.4) is 0 Å². The van der Waals surface area contributed by atoms with Gasteiger partial charge in [-0.3, -0.25) is 9.59 Å². The minimum absolute atomic E-state index is 0.0149. The number of amides is 2. The van der Waals surface area contributed by atoms with Gasteiger partial charge in [0, 0.05) is 18.7 Å². The minimum atomic E-state index is -0.105. The van der Waals surface area contributed by atoms with Crippen LogP contribution in [-0.4, -0.2) is 16.8 Å². The summed E-state index contributed by atoms with van der Waals surface area (Å²) in [5, 5.41) is 7.97. The van der Waals surface area contributed by atoms with Gasteiger partial charge in [0.2, 0.25) is 11.8 Å². The molecule has 7 heteroatoms. The molecule has 3 rings (SSSR count). The Bertz CT molecular complexity index is 733. The molecule has 6 nitrogen and oxygen atoms in total. The maximum Gasteiger partial charge on any atom is 0.226 e. The number of thiazole rings is 1. The standard InChI is InChI=1S/C17H21N3O3S/c1-10(12-3-4-12)7-16(22)20-17-19-14(9-24-17)15-6-5-13(23-15)8-18-11(2)21/h5-6,9-10,12H,3-4,7-8H2,1-2H3,(H,18,21)(H,19,20,22). The molecule has 2 heterocycles. The van der Waals surface area contributed by atoms with Gasteiger partial charge in [-0.25, -0.2) is 4.98 Å². The zero-order valence-electron chi connectivity index (χ0n) is 13.8. The fourth-order valence-corrected chi connectivity index (χ4v) is 3.28. The van der Waals surface area contributed by atoms with Crippen molar-refractivity contribution in [3.63, 3.8) is 0 Å². The van der Waals surface area contributed by atoms with Crippen LogP contribution in [0.4, 0.5) is 5.13 Å². The lowest BCUT2D eigenvalue weighted by molar-refractivity contribution is -0.119. The average molecular weight is 347 g/mol. The molecule has 1 saturated carbocycles. The van der Waals surface area contributed by atoms with Crippen molar-refractivity contribution in [3.05, 3.63) is 23.3 Å². The number of carbonyl (C=O) groups is 2. The second-order valence-electron chi connectivity index (χ2n) is 6.28. The van der Waals surface area contributed by atoms with Crippen LogP contribution < -0.4 is 10.6 Å². The van der Waals surface area contributed by atoms with Crippen molar-refractivity contribution in [3.8, 4) is 11.5 Å². The summed E-state index contributed by atoms with van der Waals surface area (Å²) in [6.07, 6.45) is 3.03. The van der Waals surface area contributed by atoms with E-state index in [9.17, 15) is 9.59 Å². The summed E-state index contributed by atoms with van der Waals surface area (Å²) in [5.74, 6) is 2.35. The number of nitrogens with one attached hydrogen (secondary N) is 2. The molecule has 1 aliphatic carbocycles. The van der Waals surface area contributed by atoms with E-state index in [4.69, 9.17) is 4.42 Å². The molecule has 0 saturated heterocycles. The lowest BCUT2D eigenvalue weighted by Crippen LogP contribution is -2.18. The maximum atomic E-state index is 12.0. The Balaban J connectivity index is 1.56. The SMILES string of the molecule is CC(=O)NCc1ccc(-c2csc(NC(=O)CC(C)C3CC3)n2)o1.